The lowest BCUT2D eigenvalue weighted by Gasteiger charge is -2.34. The summed E-state index contributed by atoms with van der Waals surface area (Å²) in [4.78, 5) is 23.9. The third-order valence-electron chi connectivity index (χ3n) is 6.86. The lowest BCUT2D eigenvalue weighted by Crippen LogP contribution is -2.35. The maximum atomic E-state index is 12.5. The van der Waals surface area contributed by atoms with E-state index < -0.39 is 0 Å². The molecule has 2 bridgehead atoms. The number of Topliss-reactive ketones (excluding diaryl/α,β-unsaturated/α-hetero) is 1. The Morgan fingerprint density at radius 1 is 0.957 bits per heavy atom. The first-order chi connectivity index (χ1) is 11.1. The lowest BCUT2D eigenvalue weighted by atomic mass is 9.70. The van der Waals surface area contributed by atoms with Crippen LogP contribution >= 0.6 is 0 Å². The van der Waals surface area contributed by atoms with E-state index in [4.69, 9.17) is 9.47 Å². The van der Waals surface area contributed by atoms with Crippen LogP contribution in [-0.4, -0.2) is 32.1 Å². The van der Waals surface area contributed by atoms with Gasteiger partial charge in [0.25, 0.3) is 0 Å². The highest BCUT2D eigenvalue weighted by Gasteiger charge is 2.61. The van der Waals surface area contributed by atoms with Gasteiger partial charge in [0.05, 0.1) is 5.92 Å². The molecular weight excluding hydrogens is 292 g/mol. The van der Waals surface area contributed by atoms with E-state index in [-0.39, 0.29) is 30.9 Å². The van der Waals surface area contributed by atoms with Crippen LogP contribution in [0, 0.1) is 41.4 Å². The molecule has 0 amide bonds. The Bertz CT molecular complexity index is 460. The number of hydrogen-bond donors (Lipinski definition) is 0. The van der Waals surface area contributed by atoms with E-state index in [0.717, 1.165) is 30.1 Å². The molecule has 0 radical (unpaired) electrons. The molecule has 3 aliphatic carbocycles. The van der Waals surface area contributed by atoms with Crippen LogP contribution in [0.15, 0.2) is 0 Å². The maximum Gasteiger partial charge on any atom is 0.309 e. The second-order valence-electron chi connectivity index (χ2n) is 7.81. The highest BCUT2D eigenvalue weighted by atomic mass is 16.5. The Kier molecular flexibility index (Phi) is 5.10. The number of fused-ring (bicyclic) bond motifs is 5. The number of hydrogen-bond acceptors (Lipinski definition) is 4. The van der Waals surface area contributed by atoms with E-state index in [9.17, 15) is 9.59 Å². The highest BCUT2D eigenvalue weighted by molar-refractivity contribution is 5.84. The van der Waals surface area contributed by atoms with Crippen LogP contribution in [0.4, 0.5) is 0 Å². The average Bonchev–Trinajstić information content (AvgIpc) is 3.22. The molecular formula is C19H30O4. The summed E-state index contributed by atoms with van der Waals surface area (Å²) in [7, 11) is 1.48. The number of esters is 1. The van der Waals surface area contributed by atoms with Gasteiger partial charge in [0, 0.05) is 7.11 Å². The van der Waals surface area contributed by atoms with E-state index in [1.807, 2.05) is 0 Å². The van der Waals surface area contributed by atoms with E-state index in [0.29, 0.717) is 11.8 Å². The summed E-state index contributed by atoms with van der Waals surface area (Å²) in [6, 6.07) is 0. The molecule has 0 aromatic carbocycles. The second kappa shape index (κ2) is 6.92. The highest BCUT2D eigenvalue weighted by Crippen LogP contribution is 2.65. The van der Waals surface area contributed by atoms with E-state index in [1.54, 1.807) is 0 Å². The number of methoxy groups -OCH3 is 1. The van der Waals surface area contributed by atoms with Crippen LogP contribution in [-0.2, 0) is 19.1 Å². The first kappa shape index (κ1) is 16.9. The van der Waals surface area contributed by atoms with Crippen molar-refractivity contribution in [2.45, 2.75) is 46.0 Å². The Morgan fingerprint density at radius 2 is 1.65 bits per heavy atom. The van der Waals surface area contributed by atoms with Crippen molar-refractivity contribution >= 4 is 11.8 Å². The van der Waals surface area contributed by atoms with E-state index in [1.165, 1.54) is 32.8 Å². The van der Waals surface area contributed by atoms with Crippen molar-refractivity contribution in [2.24, 2.45) is 41.4 Å². The molecule has 0 aromatic rings. The predicted molar refractivity (Wildman–Crippen MR) is 86.7 cm³/mol. The standard InChI is InChI=1S/C19H30O4/c1-4-11-6-12(5-2)18-15-7-13(17(11)18)8-16(15)19(21)23-10-14(20)9-22-3/h11-13,15-18H,4-10H2,1-3H3. The molecule has 3 fully saturated rings. The van der Waals surface area contributed by atoms with Gasteiger partial charge in [0.1, 0.15) is 6.61 Å². The van der Waals surface area contributed by atoms with Gasteiger partial charge in [-0.05, 0) is 54.8 Å². The van der Waals surface area contributed by atoms with Gasteiger partial charge in [0.15, 0.2) is 12.4 Å². The topological polar surface area (TPSA) is 52.6 Å². The van der Waals surface area contributed by atoms with Crippen molar-refractivity contribution in [1.29, 1.82) is 0 Å². The molecule has 0 spiro atoms. The van der Waals surface area contributed by atoms with Gasteiger partial charge in [-0.2, -0.15) is 0 Å². The van der Waals surface area contributed by atoms with Gasteiger partial charge < -0.3 is 9.47 Å². The molecule has 23 heavy (non-hydrogen) atoms. The average molecular weight is 322 g/mol. The smallest absolute Gasteiger partial charge is 0.309 e. The molecule has 0 saturated heterocycles. The van der Waals surface area contributed by atoms with Crippen molar-refractivity contribution < 1.29 is 19.1 Å². The van der Waals surface area contributed by atoms with Crippen molar-refractivity contribution in [3.8, 4) is 0 Å². The molecule has 3 rings (SSSR count). The van der Waals surface area contributed by atoms with Crippen LogP contribution < -0.4 is 0 Å². The van der Waals surface area contributed by atoms with Crippen molar-refractivity contribution in [1.82, 2.24) is 0 Å². The van der Waals surface area contributed by atoms with Crippen LogP contribution in [0.2, 0.25) is 0 Å². The minimum atomic E-state index is -0.166. The molecule has 3 saturated carbocycles. The summed E-state index contributed by atoms with van der Waals surface area (Å²) in [5.41, 5.74) is 0. The van der Waals surface area contributed by atoms with Crippen LogP contribution in [0.1, 0.15) is 46.0 Å². The monoisotopic (exact) mass is 322 g/mol. The first-order valence-electron chi connectivity index (χ1n) is 9.27. The molecule has 4 heteroatoms. The third-order valence-corrected chi connectivity index (χ3v) is 6.86. The molecule has 0 aromatic heterocycles. The summed E-state index contributed by atoms with van der Waals surface area (Å²) < 4.78 is 10.1. The van der Waals surface area contributed by atoms with Gasteiger partial charge >= 0.3 is 5.97 Å². The van der Waals surface area contributed by atoms with Gasteiger partial charge in [-0.3, -0.25) is 9.59 Å². The molecule has 0 heterocycles. The van der Waals surface area contributed by atoms with Gasteiger partial charge in [-0.1, -0.05) is 26.7 Å². The normalized spacial score (nSPS) is 41.1. The summed E-state index contributed by atoms with van der Waals surface area (Å²) in [6.45, 7) is 4.50. The number of ketones is 1. The summed E-state index contributed by atoms with van der Waals surface area (Å²) in [6.07, 6.45) is 6.05. The largest absolute Gasteiger partial charge is 0.457 e. The predicted octanol–water partition coefficient (Wildman–Crippen LogP) is 3.09. The Hall–Kier alpha value is -0.900. The maximum absolute atomic E-state index is 12.5. The molecule has 7 atom stereocenters. The minimum Gasteiger partial charge on any atom is -0.457 e. The third kappa shape index (κ3) is 2.95. The second-order valence-corrected chi connectivity index (χ2v) is 7.81. The molecule has 3 aliphatic rings. The van der Waals surface area contributed by atoms with Crippen molar-refractivity contribution in [3.63, 3.8) is 0 Å². The minimum absolute atomic E-state index is 0.0186. The zero-order valence-corrected chi connectivity index (χ0v) is 14.6. The zero-order valence-electron chi connectivity index (χ0n) is 14.6. The molecule has 0 aliphatic heterocycles. The quantitative estimate of drug-likeness (QED) is 0.676. The molecule has 4 nitrogen and oxygen atoms in total. The van der Waals surface area contributed by atoms with Crippen molar-refractivity contribution in [3.05, 3.63) is 0 Å². The fraction of sp³-hybridized carbons (Fsp3) is 0.895. The number of rotatable bonds is 7. The summed E-state index contributed by atoms with van der Waals surface area (Å²) in [5.74, 6) is 4.13. The van der Waals surface area contributed by atoms with Crippen LogP contribution in [0.5, 0.6) is 0 Å². The van der Waals surface area contributed by atoms with Crippen LogP contribution in [0.25, 0.3) is 0 Å². The van der Waals surface area contributed by atoms with Gasteiger partial charge in [-0.25, -0.2) is 0 Å². The number of carbonyl (C=O) groups is 2. The summed E-state index contributed by atoms with van der Waals surface area (Å²) in [5, 5.41) is 0. The van der Waals surface area contributed by atoms with Crippen LogP contribution in [0.3, 0.4) is 0 Å². The Labute approximate surface area is 139 Å². The Balaban J connectivity index is 1.63. The Morgan fingerprint density at radius 3 is 2.30 bits per heavy atom. The van der Waals surface area contributed by atoms with Crippen molar-refractivity contribution in [2.75, 3.05) is 20.3 Å². The molecule has 130 valence electrons. The van der Waals surface area contributed by atoms with Gasteiger partial charge in [-0.15, -0.1) is 0 Å². The van der Waals surface area contributed by atoms with E-state index >= 15 is 0 Å². The van der Waals surface area contributed by atoms with E-state index in [2.05, 4.69) is 13.8 Å². The SMILES string of the molecule is CCC1CC(CC)C2C3CC(CC3C(=O)OCC(=O)COC)C12. The number of ether oxygens (including phenoxy) is 2. The lowest BCUT2D eigenvalue weighted by molar-refractivity contribution is -0.155. The molecule has 0 N–H and O–H groups in total. The number of carbonyl (C=O) groups excluding carboxylic acids is 2. The summed E-state index contributed by atoms with van der Waals surface area (Å²) >= 11 is 0. The zero-order chi connectivity index (χ0) is 16.6. The fourth-order valence-corrected chi connectivity index (χ4v) is 6.13. The van der Waals surface area contributed by atoms with Gasteiger partial charge in [0.2, 0.25) is 0 Å². The fourth-order valence-electron chi connectivity index (χ4n) is 6.13. The molecule has 7 unspecified atom stereocenters. The first-order valence-corrected chi connectivity index (χ1v) is 9.27.